The Balaban J connectivity index is 3.27. The number of pyridine rings is 1. The standard InChI is InChI=1S/C8H7ClF3NO2/c1-3-5(9)7(15)6(14)4(13-3)2-8(10,11)12/h14H,2H2,1H3,(H,13,15). The zero-order valence-electron chi connectivity index (χ0n) is 7.57. The van der Waals surface area contributed by atoms with E-state index in [0.29, 0.717) is 0 Å². The Labute approximate surface area is 87.5 Å². The van der Waals surface area contributed by atoms with Crippen LogP contribution in [-0.4, -0.2) is 16.3 Å². The molecule has 0 fully saturated rings. The van der Waals surface area contributed by atoms with E-state index in [1.165, 1.54) is 6.92 Å². The highest BCUT2D eigenvalue weighted by atomic mass is 35.5. The van der Waals surface area contributed by atoms with Gasteiger partial charge in [0.1, 0.15) is 5.02 Å². The molecule has 2 N–H and O–H groups in total. The largest absolute Gasteiger partial charge is 0.503 e. The Morgan fingerprint density at radius 3 is 2.47 bits per heavy atom. The number of H-pyrrole nitrogens is 1. The molecule has 0 aliphatic carbocycles. The third-order valence-corrected chi connectivity index (χ3v) is 2.20. The van der Waals surface area contributed by atoms with Crippen molar-refractivity contribution in [2.45, 2.75) is 19.5 Å². The fraction of sp³-hybridized carbons (Fsp3) is 0.375. The van der Waals surface area contributed by atoms with Crippen LogP contribution in [0.5, 0.6) is 5.75 Å². The lowest BCUT2D eigenvalue weighted by Gasteiger charge is -2.09. The average molecular weight is 242 g/mol. The summed E-state index contributed by atoms with van der Waals surface area (Å²) in [6, 6.07) is 0. The van der Waals surface area contributed by atoms with Gasteiger partial charge in [-0.15, -0.1) is 0 Å². The van der Waals surface area contributed by atoms with E-state index in [1.54, 1.807) is 0 Å². The van der Waals surface area contributed by atoms with Crippen molar-refractivity contribution in [1.82, 2.24) is 4.98 Å². The normalized spacial score (nSPS) is 11.8. The molecule has 7 heteroatoms. The lowest BCUT2D eigenvalue weighted by Crippen LogP contribution is -2.17. The number of aromatic hydroxyl groups is 1. The highest BCUT2D eigenvalue weighted by molar-refractivity contribution is 6.31. The highest BCUT2D eigenvalue weighted by Crippen LogP contribution is 2.25. The van der Waals surface area contributed by atoms with Crippen LogP contribution in [0.25, 0.3) is 0 Å². The van der Waals surface area contributed by atoms with Gasteiger partial charge in [0, 0.05) is 5.69 Å². The van der Waals surface area contributed by atoms with Gasteiger partial charge in [-0.25, -0.2) is 0 Å². The fourth-order valence-electron chi connectivity index (χ4n) is 1.08. The van der Waals surface area contributed by atoms with Crippen LogP contribution in [0.15, 0.2) is 4.79 Å². The lowest BCUT2D eigenvalue weighted by atomic mass is 10.2. The molecule has 0 bridgehead atoms. The number of aryl methyl sites for hydroxylation is 1. The minimum Gasteiger partial charge on any atom is -0.503 e. The van der Waals surface area contributed by atoms with Crippen LogP contribution in [0, 0.1) is 6.92 Å². The van der Waals surface area contributed by atoms with Gasteiger partial charge in [-0.3, -0.25) is 4.79 Å². The Hall–Kier alpha value is -1.17. The molecule has 0 aromatic carbocycles. The summed E-state index contributed by atoms with van der Waals surface area (Å²) in [5.74, 6) is -0.983. The Kier molecular flexibility index (Phi) is 2.99. The van der Waals surface area contributed by atoms with E-state index in [9.17, 15) is 18.0 Å². The first-order chi connectivity index (χ1) is 6.72. The van der Waals surface area contributed by atoms with Gasteiger partial charge in [0.2, 0.25) is 5.43 Å². The Bertz CT molecular complexity index is 439. The minimum atomic E-state index is -4.50. The quantitative estimate of drug-likeness (QED) is 0.792. The third kappa shape index (κ3) is 2.65. The Morgan fingerprint density at radius 2 is 2.00 bits per heavy atom. The first-order valence-electron chi connectivity index (χ1n) is 3.89. The van der Waals surface area contributed by atoms with Crippen molar-refractivity contribution in [3.05, 3.63) is 26.6 Å². The smallest absolute Gasteiger partial charge is 0.394 e. The molecule has 1 rings (SSSR count). The van der Waals surface area contributed by atoms with Crippen LogP contribution < -0.4 is 5.43 Å². The van der Waals surface area contributed by atoms with Gasteiger partial charge in [0.15, 0.2) is 5.75 Å². The summed E-state index contributed by atoms with van der Waals surface area (Å²) in [6.45, 7) is 1.35. The van der Waals surface area contributed by atoms with E-state index in [1.807, 2.05) is 0 Å². The number of nitrogens with one attached hydrogen (secondary N) is 1. The zero-order valence-corrected chi connectivity index (χ0v) is 8.33. The van der Waals surface area contributed by atoms with Crippen molar-refractivity contribution in [3.63, 3.8) is 0 Å². The highest BCUT2D eigenvalue weighted by Gasteiger charge is 2.30. The van der Waals surface area contributed by atoms with Gasteiger partial charge in [-0.05, 0) is 6.92 Å². The molecule has 0 radical (unpaired) electrons. The van der Waals surface area contributed by atoms with E-state index < -0.39 is 29.5 Å². The van der Waals surface area contributed by atoms with E-state index in [2.05, 4.69) is 4.98 Å². The van der Waals surface area contributed by atoms with Gasteiger partial charge >= 0.3 is 6.18 Å². The molecule has 0 unspecified atom stereocenters. The average Bonchev–Trinajstić information content (AvgIpc) is 2.08. The second-order valence-corrected chi connectivity index (χ2v) is 3.39. The number of hydrogen-bond acceptors (Lipinski definition) is 2. The third-order valence-electron chi connectivity index (χ3n) is 1.75. The number of aromatic nitrogens is 1. The summed E-state index contributed by atoms with van der Waals surface area (Å²) in [5, 5.41) is 8.83. The SMILES string of the molecule is Cc1[nH]c(CC(F)(F)F)c(O)c(=O)c1Cl. The first-order valence-corrected chi connectivity index (χ1v) is 4.27. The molecule has 0 amide bonds. The molecule has 0 aliphatic rings. The molecule has 1 heterocycles. The van der Waals surface area contributed by atoms with Gasteiger partial charge < -0.3 is 10.1 Å². The Morgan fingerprint density at radius 1 is 1.47 bits per heavy atom. The summed E-state index contributed by atoms with van der Waals surface area (Å²) < 4.78 is 36.1. The van der Waals surface area contributed by atoms with Gasteiger partial charge in [0.05, 0.1) is 12.1 Å². The minimum absolute atomic E-state index is 0.0960. The van der Waals surface area contributed by atoms with Gasteiger partial charge in [-0.2, -0.15) is 13.2 Å². The molecule has 0 saturated heterocycles. The molecular formula is C8H7ClF3NO2. The van der Waals surface area contributed by atoms with Crippen LogP contribution in [0.2, 0.25) is 5.02 Å². The van der Waals surface area contributed by atoms with E-state index in [-0.39, 0.29) is 10.7 Å². The predicted molar refractivity (Wildman–Crippen MR) is 48.2 cm³/mol. The van der Waals surface area contributed by atoms with Crippen molar-refractivity contribution < 1.29 is 18.3 Å². The monoisotopic (exact) mass is 241 g/mol. The zero-order chi connectivity index (χ0) is 11.8. The van der Waals surface area contributed by atoms with Crippen molar-refractivity contribution in [2.75, 3.05) is 0 Å². The number of alkyl halides is 3. The van der Waals surface area contributed by atoms with Crippen molar-refractivity contribution in [2.24, 2.45) is 0 Å². The maximum Gasteiger partial charge on any atom is 0.394 e. The number of halogens is 4. The number of hydrogen-bond donors (Lipinski definition) is 2. The molecule has 0 spiro atoms. The van der Waals surface area contributed by atoms with Crippen LogP contribution in [0.3, 0.4) is 0 Å². The summed E-state index contributed by atoms with van der Waals surface area (Å²) in [7, 11) is 0. The molecule has 0 saturated carbocycles. The molecular weight excluding hydrogens is 235 g/mol. The molecule has 3 nitrogen and oxygen atoms in total. The maximum absolute atomic E-state index is 12.0. The predicted octanol–water partition coefficient (Wildman–Crippen LogP) is 2.15. The van der Waals surface area contributed by atoms with Crippen molar-refractivity contribution in [1.29, 1.82) is 0 Å². The summed E-state index contributed by atoms with van der Waals surface area (Å²) in [4.78, 5) is 13.4. The number of rotatable bonds is 1. The fourth-order valence-corrected chi connectivity index (χ4v) is 1.22. The molecule has 0 atom stereocenters. The maximum atomic E-state index is 12.0. The molecule has 0 aliphatic heterocycles. The summed E-state index contributed by atoms with van der Waals surface area (Å²) >= 11 is 5.44. The summed E-state index contributed by atoms with van der Waals surface area (Å²) in [6.07, 6.45) is -5.90. The van der Waals surface area contributed by atoms with E-state index in [4.69, 9.17) is 16.7 Å². The lowest BCUT2D eigenvalue weighted by molar-refractivity contribution is -0.128. The second-order valence-electron chi connectivity index (χ2n) is 3.01. The van der Waals surface area contributed by atoms with E-state index >= 15 is 0 Å². The second kappa shape index (κ2) is 3.77. The molecule has 15 heavy (non-hydrogen) atoms. The molecule has 84 valence electrons. The van der Waals surface area contributed by atoms with Crippen LogP contribution in [0.1, 0.15) is 11.4 Å². The van der Waals surface area contributed by atoms with Crippen molar-refractivity contribution >= 4 is 11.6 Å². The van der Waals surface area contributed by atoms with E-state index in [0.717, 1.165) is 0 Å². The molecule has 1 aromatic rings. The number of aromatic amines is 1. The van der Waals surface area contributed by atoms with Gasteiger partial charge in [-0.1, -0.05) is 11.6 Å². The van der Waals surface area contributed by atoms with Crippen LogP contribution in [0.4, 0.5) is 13.2 Å². The van der Waals surface area contributed by atoms with Crippen LogP contribution >= 0.6 is 11.6 Å². The first kappa shape index (κ1) is 11.9. The summed E-state index contributed by atoms with van der Waals surface area (Å²) in [5.41, 5.74) is -1.47. The van der Waals surface area contributed by atoms with Gasteiger partial charge in [0.25, 0.3) is 0 Å². The van der Waals surface area contributed by atoms with Crippen molar-refractivity contribution in [3.8, 4) is 5.75 Å². The van der Waals surface area contributed by atoms with Crippen LogP contribution in [-0.2, 0) is 6.42 Å². The molecule has 1 aromatic heterocycles. The topological polar surface area (TPSA) is 53.1 Å².